The Morgan fingerprint density at radius 3 is 2.55 bits per heavy atom. The summed E-state index contributed by atoms with van der Waals surface area (Å²) in [6.45, 7) is 6.06. The van der Waals surface area contributed by atoms with E-state index in [9.17, 15) is 8.42 Å². The average molecular weight is 302 g/mol. The van der Waals surface area contributed by atoms with Crippen LogP contribution in [-0.2, 0) is 14.8 Å². The van der Waals surface area contributed by atoms with Gasteiger partial charge in [0, 0.05) is 12.2 Å². The zero-order chi connectivity index (χ0) is 15.3. The Balaban J connectivity index is 2.89. The summed E-state index contributed by atoms with van der Waals surface area (Å²) in [4.78, 5) is 0.0349. The number of hydrogen-bond donors (Lipinski definition) is 2. The first-order chi connectivity index (χ1) is 9.27. The van der Waals surface area contributed by atoms with E-state index in [4.69, 9.17) is 15.2 Å². The standard InChI is InChI=1S/C13H22N2O4S/c1-9(2)19-6-5-15-20(16,17)13-8-11(14)10(3)7-12(13)18-4/h7-9,15H,5-6,14H2,1-4H3. The molecule has 114 valence electrons. The number of rotatable bonds is 7. The molecule has 1 rings (SSSR count). The fourth-order valence-corrected chi connectivity index (χ4v) is 2.79. The first-order valence-corrected chi connectivity index (χ1v) is 7.81. The fraction of sp³-hybridized carbons (Fsp3) is 0.538. The van der Waals surface area contributed by atoms with Gasteiger partial charge in [-0.3, -0.25) is 0 Å². The van der Waals surface area contributed by atoms with E-state index in [2.05, 4.69) is 4.72 Å². The van der Waals surface area contributed by atoms with Gasteiger partial charge < -0.3 is 15.2 Å². The van der Waals surface area contributed by atoms with Gasteiger partial charge in [-0.25, -0.2) is 13.1 Å². The second kappa shape index (κ2) is 6.92. The average Bonchev–Trinajstić information content (AvgIpc) is 2.37. The Morgan fingerprint density at radius 1 is 1.35 bits per heavy atom. The fourth-order valence-electron chi connectivity index (χ4n) is 1.60. The van der Waals surface area contributed by atoms with Crippen LogP contribution in [0.25, 0.3) is 0 Å². The number of methoxy groups -OCH3 is 1. The lowest BCUT2D eigenvalue weighted by molar-refractivity contribution is 0.0834. The second-order valence-corrected chi connectivity index (χ2v) is 6.41. The van der Waals surface area contributed by atoms with Crippen molar-refractivity contribution in [2.45, 2.75) is 31.8 Å². The van der Waals surface area contributed by atoms with Gasteiger partial charge in [0.1, 0.15) is 10.6 Å². The SMILES string of the molecule is COc1cc(C)c(N)cc1S(=O)(=O)NCCOC(C)C. The Bertz CT molecular complexity index is 556. The lowest BCUT2D eigenvalue weighted by Crippen LogP contribution is -2.28. The van der Waals surface area contributed by atoms with Gasteiger partial charge in [0.2, 0.25) is 10.0 Å². The molecule has 7 heteroatoms. The second-order valence-electron chi connectivity index (χ2n) is 4.68. The molecule has 20 heavy (non-hydrogen) atoms. The molecule has 0 aromatic heterocycles. The summed E-state index contributed by atoms with van der Waals surface area (Å²) in [5.41, 5.74) is 6.94. The van der Waals surface area contributed by atoms with Gasteiger partial charge in [0.05, 0.1) is 19.8 Å². The molecule has 0 bridgehead atoms. The highest BCUT2D eigenvalue weighted by molar-refractivity contribution is 7.89. The first kappa shape index (κ1) is 16.7. The van der Waals surface area contributed by atoms with Gasteiger partial charge in [-0.1, -0.05) is 0 Å². The van der Waals surface area contributed by atoms with Crippen molar-refractivity contribution in [2.24, 2.45) is 0 Å². The van der Waals surface area contributed by atoms with E-state index >= 15 is 0 Å². The monoisotopic (exact) mass is 302 g/mol. The highest BCUT2D eigenvalue weighted by Gasteiger charge is 2.20. The molecule has 0 saturated heterocycles. The third-order valence-corrected chi connectivity index (χ3v) is 4.17. The van der Waals surface area contributed by atoms with Crippen LogP contribution in [-0.4, -0.2) is 34.8 Å². The number of nitrogens with one attached hydrogen (secondary N) is 1. The Hall–Kier alpha value is -1.31. The molecule has 0 radical (unpaired) electrons. The summed E-state index contributed by atoms with van der Waals surface area (Å²) in [5, 5.41) is 0. The first-order valence-electron chi connectivity index (χ1n) is 6.33. The third kappa shape index (κ3) is 4.36. The summed E-state index contributed by atoms with van der Waals surface area (Å²) in [7, 11) is -2.25. The van der Waals surface area contributed by atoms with Crippen LogP contribution in [0.5, 0.6) is 5.75 Å². The predicted octanol–water partition coefficient (Wildman–Crippen LogP) is 1.29. The smallest absolute Gasteiger partial charge is 0.244 e. The molecule has 0 heterocycles. The molecule has 0 saturated carbocycles. The van der Waals surface area contributed by atoms with E-state index in [0.717, 1.165) is 5.56 Å². The van der Waals surface area contributed by atoms with E-state index in [-0.39, 0.29) is 23.3 Å². The maximum atomic E-state index is 12.2. The number of sulfonamides is 1. The van der Waals surface area contributed by atoms with Crippen LogP contribution in [0, 0.1) is 6.92 Å². The van der Waals surface area contributed by atoms with Crippen LogP contribution in [0.3, 0.4) is 0 Å². The largest absolute Gasteiger partial charge is 0.495 e. The summed E-state index contributed by atoms with van der Waals surface area (Å²) in [6, 6.07) is 3.01. The van der Waals surface area contributed by atoms with Gasteiger partial charge >= 0.3 is 0 Å². The van der Waals surface area contributed by atoms with Gasteiger partial charge in [0.25, 0.3) is 0 Å². The molecule has 1 aromatic rings. The molecule has 0 fully saturated rings. The van der Waals surface area contributed by atoms with Gasteiger partial charge in [-0.05, 0) is 38.5 Å². The van der Waals surface area contributed by atoms with Crippen molar-refractivity contribution in [3.8, 4) is 5.75 Å². The Morgan fingerprint density at radius 2 is 2.00 bits per heavy atom. The lowest BCUT2D eigenvalue weighted by Gasteiger charge is -2.13. The highest BCUT2D eigenvalue weighted by Crippen LogP contribution is 2.28. The van der Waals surface area contributed by atoms with E-state index in [0.29, 0.717) is 12.3 Å². The van der Waals surface area contributed by atoms with Crippen LogP contribution >= 0.6 is 0 Å². The Labute approximate surface area is 120 Å². The lowest BCUT2D eigenvalue weighted by atomic mass is 10.2. The van der Waals surface area contributed by atoms with Crippen LogP contribution < -0.4 is 15.2 Å². The van der Waals surface area contributed by atoms with E-state index in [1.165, 1.54) is 13.2 Å². The third-order valence-electron chi connectivity index (χ3n) is 2.69. The van der Waals surface area contributed by atoms with Crippen LogP contribution in [0.4, 0.5) is 5.69 Å². The molecule has 0 spiro atoms. The minimum Gasteiger partial charge on any atom is -0.495 e. The van der Waals surface area contributed by atoms with Crippen molar-refractivity contribution in [3.63, 3.8) is 0 Å². The number of nitrogen functional groups attached to an aromatic ring is 1. The number of ether oxygens (including phenoxy) is 2. The van der Waals surface area contributed by atoms with Crippen LogP contribution in [0.15, 0.2) is 17.0 Å². The van der Waals surface area contributed by atoms with Crippen molar-refractivity contribution in [1.29, 1.82) is 0 Å². The van der Waals surface area contributed by atoms with Crippen LogP contribution in [0.1, 0.15) is 19.4 Å². The molecule has 0 aliphatic rings. The topological polar surface area (TPSA) is 90.7 Å². The molecule has 0 amide bonds. The summed E-state index contributed by atoms with van der Waals surface area (Å²) < 4.78 is 37.3. The molecule has 0 aliphatic carbocycles. The summed E-state index contributed by atoms with van der Waals surface area (Å²) in [6.07, 6.45) is 0.0593. The quantitative estimate of drug-likeness (QED) is 0.585. The molecule has 0 aliphatic heterocycles. The zero-order valence-corrected chi connectivity index (χ0v) is 13.1. The molecular weight excluding hydrogens is 280 g/mol. The van der Waals surface area contributed by atoms with Gasteiger partial charge in [-0.2, -0.15) is 0 Å². The van der Waals surface area contributed by atoms with Crippen molar-refractivity contribution in [1.82, 2.24) is 4.72 Å². The molecule has 6 nitrogen and oxygen atoms in total. The predicted molar refractivity (Wildman–Crippen MR) is 78.4 cm³/mol. The number of anilines is 1. The minimum absolute atomic E-state index is 0.0349. The number of aryl methyl sites for hydroxylation is 1. The number of hydrogen-bond acceptors (Lipinski definition) is 5. The van der Waals surface area contributed by atoms with Gasteiger partial charge in [0.15, 0.2) is 0 Å². The maximum Gasteiger partial charge on any atom is 0.244 e. The van der Waals surface area contributed by atoms with Crippen LogP contribution in [0.2, 0.25) is 0 Å². The molecule has 0 atom stereocenters. The number of benzene rings is 1. The van der Waals surface area contributed by atoms with E-state index < -0.39 is 10.0 Å². The molecule has 1 aromatic carbocycles. The van der Waals surface area contributed by atoms with Crippen molar-refractivity contribution >= 4 is 15.7 Å². The molecular formula is C13H22N2O4S. The van der Waals surface area contributed by atoms with E-state index in [1.54, 1.807) is 13.0 Å². The highest BCUT2D eigenvalue weighted by atomic mass is 32.2. The number of nitrogens with two attached hydrogens (primary N) is 1. The van der Waals surface area contributed by atoms with E-state index in [1.807, 2.05) is 13.8 Å². The summed E-state index contributed by atoms with van der Waals surface area (Å²) >= 11 is 0. The molecule has 0 unspecified atom stereocenters. The zero-order valence-electron chi connectivity index (χ0n) is 12.3. The van der Waals surface area contributed by atoms with Crippen molar-refractivity contribution in [3.05, 3.63) is 17.7 Å². The Kier molecular flexibility index (Phi) is 5.79. The van der Waals surface area contributed by atoms with Gasteiger partial charge in [-0.15, -0.1) is 0 Å². The summed E-state index contributed by atoms with van der Waals surface area (Å²) in [5.74, 6) is 0.272. The maximum absolute atomic E-state index is 12.2. The van der Waals surface area contributed by atoms with Crippen molar-refractivity contribution < 1.29 is 17.9 Å². The van der Waals surface area contributed by atoms with Crippen molar-refractivity contribution in [2.75, 3.05) is 26.0 Å². The normalized spacial score (nSPS) is 11.8. The molecule has 3 N–H and O–H groups in total. The minimum atomic E-state index is -3.68.